The van der Waals surface area contributed by atoms with Crippen LogP contribution in [0.3, 0.4) is 0 Å². The molecule has 0 saturated heterocycles. The highest BCUT2D eigenvalue weighted by Gasteiger charge is 2.39. The summed E-state index contributed by atoms with van der Waals surface area (Å²) in [7, 11) is -10.0. The van der Waals surface area contributed by atoms with Gasteiger partial charge in [-0.3, -0.25) is 9.10 Å². The van der Waals surface area contributed by atoms with Gasteiger partial charge in [-0.15, -0.1) is 0 Å². The maximum atomic E-state index is 13.7. The van der Waals surface area contributed by atoms with Crippen molar-refractivity contribution < 1.29 is 57.5 Å². The molecule has 1 N–H and O–H groups in total. The largest absolute Gasteiger partial charge is 0.480 e. The van der Waals surface area contributed by atoms with E-state index in [0.29, 0.717) is 42.6 Å². The average Bonchev–Trinajstić information content (AvgIpc) is 2.93. The number of hydrogen-bond acceptors (Lipinski definition) is 6. The normalized spacial score (nSPS) is 12.7. The first-order chi connectivity index (χ1) is 20.3. The van der Waals surface area contributed by atoms with E-state index in [4.69, 9.17) is 0 Å². The second-order valence-electron chi connectivity index (χ2n) is 9.02. The molecule has 0 aliphatic carbocycles. The third-order valence-corrected chi connectivity index (χ3v) is 9.56. The van der Waals surface area contributed by atoms with Crippen LogP contribution in [-0.4, -0.2) is 52.2 Å². The van der Waals surface area contributed by atoms with Crippen LogP contribution in [0.25, 0.3) is 10.8 Å². The summed E-state index contributed by atoms with van der Waals surface area (Å²) >= 11 is 0. The number of carboxylic acid groups (broad SMARTS) is 1. The number of sulfonamides is 2. The Kier molecular flexibility index (Phi) is 8.53. The van der Waals surface area contributed by atoms with Crippen LogP contribution in [0.1, 0.15) is 5.56 Å². The maximum Gasteiger partial charge on any atom is 0.416 e. The van der Waals surface area contributed by atoms with Gasteiger partial charge in [-0.1, -0.05) is 24.3 Å². The number of carbonyl (C=O) groups is 1. The minimum Gasteiger partial charge on any atom is -0.480 e. The number of nitrogens with zero attached hydrogens (tertiary/aromatic N) is 3. The molecule has 0 unspecified atom stereocenters. The Labute approximate surface area is 244 Å². The van der Waals surface area contributed by atoms with Crippen LogP contribution < -0.4 is 8.61 Å². The van der Waals surface area contributed by atoms with Gasteiger partial charge in [0, 0.05) is 10.8 Å². The number of carboxylic acids is 1. The molecule has 4 aromatic rings. The van der Waals surface area contributed by atoms with Gasteiger partial charge in [-0.25, -0.2) is 30.5 Å². The second kappa shape index (κ2) is 11.6. The van der Waals surface area contributed by atoms with E-state index in [2.05, 4.69) is 4.98 Å². The van der Waals surface area contributed by atoms with Gasteiger partial charge in [0.1, 0.15) is 18.9 Å². The maximum absolute atomic E-state index is 13.7. The van der Waals surface area contributed by atoms with E-state index >= 15 is 0 Å². The molecule has 9 nitrogen and oxygen atoms in total. The number of hydrogen-bond donors (Lipinski definition) is 1. The van der Waals surface area contributed by atoms with E-state index < -0.39 is 84.1 Å². The number of aromatic nitrogens is 1. The minimum atomic E-state index is -5.12. The number of aliphatic carboxylic acids is 1. The number of benzene rings is 3. The van der Waals surface area contributed by atoms with Crippen molar-refractivity contribution in [3.63, 3.8) is 0 Å². The van der Waals surface area contributed by atoms with Crippen molar-refractivity contribution in [2.45, 2.75) is 22.1 Å². The number of pyridine rings is 1. The second-order valence-corrected chi connectivity index (χ2v) is 12.7. The lowest BCUT2D eigenvalue weighted by atomic mass is 10.1. The highest BCUT2D eigenvalue weighted by molar-refractivity contribution is 7.93. The lowest BCUT2D eigenvalue weighted by Crippen LogP contribution is -2.40. The molecule has 1 heterocycles. The van der Waals surface area contributed by atoms with Gasteiger partial charge in [0.05, 0.1) is 27.2 Å². The molecule has 0 fully saturated rings. The van der Waals surface area contributed by atoms with Crippen molar-refractivity contribution in [2.24, 2.45) is 0 Å². The molecule has 0 bridgehead atoms. The van der Waals surface area contributed by atoms with Gasteiger partial charge in [-0.2, -0.15) is 26.3 Å². The van der Waals surface area contributed by atoms with Gasteiger partial charge in [0.25, 0.3) is 20.0 Å². The van der Waals surface area contributed by atoms with Crippen LogP contribution >= 0.6 is 0 Å². The van der Waals surface area contributed by atoms with Crippen molar-refractivity contribution >= 4 is 48.3 Å². The Morgan fingerprint density at radius 3 is 1.75 bits per heavy atom. The molecule has 234 valence electrons. The summed E-state index contributed by atoms with van der Waals surface area (Å²) in [5.74, 6) is -3.26. The van der Waals surface area contributed by atoms with Crippen molar-refractivity contribution in [3.8, 4) is 0 Å². The van der Waals surface area contributed by atoms with Crippen LogP contribution in [0.4, 0.5) is 42.2 Å². The number of anilines is 2. The zero-order chi connectivity index (χ0) is 32.7. The van der Waals surface area contributed by atoms with Crippen molar-refractivity contribution in [2.75, 3.05) is 21.7 Å². The van der Waals surface area contributed by atoms with Gasteiger partial charge < -0.3 is 5.11 Å². The topological polar surface area (TPSA) is 125 Å². The Morgan fingerprint density at radius 2 is 1.25 bits per heavy atom. The molecule has 44 heavy (non-hydrogen) atoms. The molecule has 0 radical (unpaired) electrons. The summed E-state index contributed by atoms with van der Waals surface area (Å²) in [6.07, 6.45) is -9.34. The average molecular weight is 666 g/mol. The third-order valence-electron chi connectivity index (χ3n) is 6.03. The summed E-state index contributed by atoms with van der Waals surface area (Å²) in [6, 6.07) is 9.81. The van der Waals surface area contributed by atoms with Crippen LogP contribution in [0.5, 0.6) is 0 Å². The fourth-order valence-electron chi connectivity index (χ4n) is 4.10. The first-order valence-corrected chi connectivity index (χ1v) is 14.8. The fourth-order valence-corrected chi connectivity index (χ4v) is 6.94. The van der Waals surface area contributed by atoms with E-state index in [1.54, 1.807) is 0 Å². The number of halogens is 7. The number of alkyl halides is 6. The molecular formula is C26H18F7N3O6S2. The summed E-state index contributed by atoms with van der Waals surface area (Å²) in [4.78, 5) is 14.1. The quantitative estimate of drug-likeness (QED) is 0.237. The first-order valence-electron chi connectivity index (χ1n) is 12.0. The van der Waals surface area contributed by atoms with Crippen molar-refractivity contribution in [1.82, 2.24) is 4.98 Å². The molecule has 0 aliphatic heterocycles. The molecule has 18 heteroatoms. The Balaban J connectivity index is 1.93. The molecule has 0 saturated carbocycles. The standard InChI is InChI=1S/C26H18F7N3O6S2/c27-17-7-11-19(12-8-17)44(41,42)36(15-25(28,29)30)22-13-34-24(21-4-2-1-3-20(21)22)35(14-23(37)38)43(39,40)18-9-5-16(6-10-18)26(31,32)33/h1-13H,14-15H2,(H,37,38). The first kappa shape index (κ1) is 32.5. The highest BCUT2D eigenvalue weighted by Crippen LogP contribution is 2.38. The van der Waals surface area contributed by atoms with Crippen LogP contribution in [0.15, 0.2) is 88.8 Å². The third kappa shape index (κ3) is 6.70. The lowest BCUT2D eigenvalue weighted by Gasteiger charge is -2.28. The van der Waals surface area contributed by atoms with Gasteiger partial charge >= 0.3 is 18.3 Å². The molecule has 4 rings (SSSR count). The SMILES string of the molecule is O=C(O)CN(c1ncc(N(CC(F)(F)F)S(=O)(=O)c2ccc(F)cc2)c2ccccc12)S(=O)(=O)c1ccc(C(F)(F)F)cc1. The van der Waals surface area contributed by atoms with Gasteiger partial charge in [0.15, 0.2) is 5.82 Å². The van der Waals surface area contributed by atoms with Crippen LogP contribution in [0.2, 0.25) is 0 Å². The summed E-state index contributed by atoms with van der Waals surface area (Å²) in [5, 5.41) is 8.85. The molecule has 0 atom stereocenters. The summed E-state index contributed by atoms with van der Waals surface area (Å²) in [5.41, 5.74) is -1.88. The predicted octanol–water partition coefficient (Wildman–Crippen LogP) is 5.43. The molecular weight excluding hydrogens is 647 g/mol. The zero-order valence-corrected chi connectivity index (χ0v) is 23.3. The van der Waals surface area contributed by atoms with E-state index in [1.807, 2.05) is 0 Å². The van der Waals surface area contributed by atoms with E-state index in [1.165, 1.54) is 12.1 Å². The van der Waals surface area contributed by atoms with Gasteiger partial charge in [-0.05, 0) is 48.5 Å². The molecule has 3 aromatic carbocycles. The monoisotopic (exact) mass is 665 g/mol. The fraction of sp³-hybridized carbons (Fsp3) is 0.154. The Hall–Kier alpha value is -4.45. The lowest BCUT2D eigenvalue weighted by molar-refractivity contribution is -0.137. The van der Waals surface area contributed by atoms with Crippen molar-refractivity contribution in [1.29, 1.82) is 0 Å². The van der Waals surface area contributed by atoms with E-state index in [0.717, 1.165) is 24.3 Å². The van der Waals surface area contributed by atoms with Crippen LogP contribution in [-0.2, 0) is 31.0 Å². The van der Waals surface area contributed by atoms with E-state index in [9.17, 15) is 57.5 Å². The molecule has 1 aromatic heterocycles. The Morgan fingerprint density at radius 1 is 0.750 bits per heavy atom. The van der Waals surface area contributed by atoms with Crippen molar-refractivity contribution in [3.05, 3.63) is 90.4 Å². The number of rotatable bonds is 9. The summed E-state index contributed by atoms with van der Waals surface area (Å²) in [6.45, 7) is -3.40. The predicted molar refractivity (Wildman–Crippen MR) is 142 cm³/mol. The molecule has 0 spiro atoms. The highest BCUT2D eigenvalue weighted by atomic mass is 32.2. The molecule has 0 amide bonds. The van der Waals surface area contributed by atoms with E-state index in [-0.39, 0.29) is 19.4 Å². The van der Waals surface area contributed by atoms with Crippen LogP contribution in [0, 0.1) is 5.82 Å². The minimum absolute atomic E-state index is 0.0642. The van der Waals surface area contributed by atoms with Gasteiger partial charge in [0.2, 0.25) is 0 Å². The molecule has 0 aliphatic rings. The summed E-state index contributed by atoms with van der Waals surface area (Å²) < 4.78 is 147. The smallest absolute Gasteiger partial charge is 0.416 e. The zero-order valence-electron chi connectivity index (χ0n) is 21.7. The Bertz CT molecular complexity index is 1920. The number of fused-ring (bicyclic) bond motifs is 1.